The van der Waals surface area contributed by atoms with Crippen molar-refractivity contribution in [2.75, 3.05) is 0 Å². The van der Waals surface area contributed by atoms with Gasteiger partial charge in [-0.25, -0.2) is 9.37 Å². The molecule has 19 heavy (non-hydrogen) atoms. The van der Waals surface area contributed by atoms with Crippen molar-refractivity contribution < 1.29 is 9.18 Å². The summed E-state index contributed by atoms with van der Waals surface area (Å²) < 4.78 is 13.8. The van der Waals surface area contributed by atoms with Crippen molar-refractivity contribution in [3.05, 3.63) is 65.5 Å². The molecule has 0 saturated carbocycles. The van der Waals surface area contributed by atoms with Gasteiger partial charge >= 0.3 is 0 Å². The van der Waals surface area contributed by atoms with Crippen molar-refractivity contribution >= 4 is 16.7 Å². The number of para-hydroxylation sites is 1. The summed E-state index contributed by atoms with van der Waals surface area (Å²) in [4.78, 5) is 16.6. The van der Waals surface area contributed by atoms with Crippen LogP contribution in [0.5, 0.6) is 0 Å². The SMILES string of the molecule is O=C1c2ccccc2-c2nc3c(F)cccc3cc21. The molecule has 0 atom stereocenters. The van der Waals surface area contributed by atoms with Crippen LogP contribution in [-0.4, -0.2) is 10.8 Å². The molecule has 3 aromatic rings. The minimum absolute atomic E-state index is 0.0377. The molecule has 90 valence electrons. The van der Waals surface area contributed by atoms with Gasteiger partial charge in [0.2, 0.25) is 0 Å². The summed E-state index contributed by atoms with van der Waals surface area (Å²) in [5.41, 5.74) is 2.87. The van der Waals surface area contributed by atoms with E-state index < -0.39 is 0 Å². The van der Waals surface area contributed by atoms with Crippen molar-refractivity contribution in [2.24, 2.45) is 0 Å². The predicted octanol–water partition coefficient (Wildman–Crippen LogP) is 3.59. The standard InChI is InChI=1S/C16H8FNO/c17-13-7-3-4-9-8-12-15(18-14(9)13)10-5-1-2-6-11(10)16(12)19/h1-8H. The van der Waals surface area contributed by atoms with E-state index in [1.54, 1.807) is 24.3 Å². The molecule has 0 radical (unpaired) electrons. The van der Waals surface area contributed by atoms with Gasteiger partial charge in [-0.3, -0.25) is 4.79 Å². The van der Waals surface area contributed by atoms with Gasteiger partial charge in [0.1, 0.15) is 11.3 Å². The van der Waals surface area contributed by atoms with E-state index in [0.717, 1.165) is 5.56 Å². The highest BCUT2D eigenvalue weighted by molar-refractivity contribution is 6.22. The average molecular weight is 249 g/mol. The Morgan fingerprint density at radius 1 is 0.895 bits per heavy atom. The minimum Gasteiger partial charge on any atom is -0.289 e. The van der Waals surface area contributed by atoms with Gasteiger partial charge in [-0.1, -0.05) is 36.4 Å². The first-order valence-electron chi connectivity index (χ1n) is 5.99. The number of carbonyl (C=O) groups excluding carboxylic acids is 1. The minimum atomic E-state index is -0.364. The van der Waals surface area contributed by atoms with E-state index in [1.807, 2.05) is 18.2 Å². The van der Waals surface area contributed by atoms with E-state index in [0.29, 0.717) is 27.7 Å². The number of hydrogen-bond acceptors (Lipinski definition) is 2. The zero-order valence-electron chi connectivity index (χ0n) is 9.85. The smallest absolute Gasteiger partial charge is 0.195 e. The lowest BCUT2D eigenvalue weighted by Gasteiger charge is -2.03. The van der Waals surface area contributed by atoms with Crippen molar-refractivity contribution in [1.29, 1.82) is 0 Å². The van der Waals surface area contributed by atoms with Crippen LogP contribution in [-0.2, 0) is 0 Å². The molecule has 0 aliphatic heterocycles. The summed E-state index contributed by atoms with van der Waals surface area (Å²) in [6, 6.07) is 13.8. The average Bonchev–Trinajstić information content (AvgIpc) is 2.72. The molecule has 0 amide bonds. The second-order valence-electron chi connectivity index (χ2n) is 4.57. The number of carbonyl (C=O) groups is 1. The Morgan fingerprint density at radius 2 is 1.68 bits per heavy atom. The fraction of sp³-hybridized carbons (Fsp3) is 0. The third kappa shape index (κ3) is 1.30. The molecule has 2 nitrogen and oxygen atoms in total. The highest BCUT2D eigenvalue weighted by atomic mass is 19.1. The molecular formula is C16H8FNO. The van der Waals surface area contributed by atoms with Crippen molar-refractivity contribution in [1.82, 2.24) is 4.98 Å². The zero-order valence-corrected chi connectivity index (χ0v) is 9.85. The molecule has 0 bridgehead atoms. The molecule has 0 spiro atoms. The predicted molar refractivity (Wildman–Crippen MR) is 70.6 cm³/mol. The summed E-state index contributed by atoms with van der Waals surface area (Å²) in [7, 11) is 0. The van der Waals surface area contributed by atoms with Gasteiger partial charge in [0.05, 0.1) is 5.69 Å². The monoisotopic (exact) mass is 249 g/mol. The molecular weight excluding hydrogens is 241 g/mol. The molecule has 0 unspecified atom stereocenters. The van der Waals surface area contributed by atoms with Crippen LogP contribution in [0.15, 0.2) is 48.5 Å². The Morgan fingerprint density at radius 3 is 2.53 bits per heavy atom. The Kier molecular flexibility index (Phi) is 1.90. The summed E-state index contributed by atoms with van der Waals surface area (Å²) in [6.07, 6.45) is 0. The first-order valence-corrected chi connectivity index (χ1v) is 5.99. The van der Waals surface area contributed by atoms with E-state index in [4.69, 9.17) is 0 Å². The number of pyridine rings is 1. The van der Waals surface area contributed by atoms with Crippen molar-refractivity contribution in [2.45, 2.75) is 0 Å². The number of ketones is 1. The first kappa shape index (κ1) is 10.4. The van der Waals surface area contributed by atoms with Crippen LogP contribution in [0.1, 0.15) is 15.9 Å². The Labute approximate surface area is 108 Å². The van der Waals surface area contributed by atoms with Crippen LogP contribution in [0, 0.1) is 5.82 Å². The van der Waals surface area contributed by atoms with Crippen LogP contribution in [0.2, 0.25) is 0 Å². The normalized spacial score (nSPS) is 12.6. The molecule has 0 fully saturated rings. The van der Waals surface area contributed by atoms with Crippen LogP contribution < -0.4 is 0 Å². The van der Waals surface area contributed by atoms with Gasteiger partial charge in [0.15, 0.2) is 5.78 Å². The van der Waals surface area contributed by atoms with Crippen molar-refractivity contribution in [3.63, 3.8) is 0 Å². The molecule has 1 aromatic heterocycles. The lowest BCUT2D eigenvalue weighted by Crippen LogP contribution is -1.96. The summed E-state index contributed by atoms with van der Waals surface area (Å²) in [6.45, 7) is 0. The number of aromatic nitrogens is 1. The van der Waals surface area contributed by atoms with E-state index in [1.165, 1.54) is 6.07 Å². The maximum Gasteiger partial charge on any atom is 0.195 e. The lowest BCUT2D eigenvalue weighted by molar-refractivity contribution is 0.104. The zero-order chi connectivity index (χ0) is 13.0. The molecule has 0 saturated heterocycles. The summed E-state index contributed by atoms with van der Waals surface area (Å²) in [5, 5.41) is 0.653. The fourth-order valence-electron chi connectivity index (χ4n) is 2.57. The Bertz CT molecular complexity index is 854. The van der Waals surface area contributed by atoms with Gasteiger partial charge < -0.3 is 0 Å². The number of nitrogens with zero attached hydrogens (tertiary/aromatic N) is 1. The second kappa shape index (κ2) is 3.48. The van der Waals surface area contributed by atoms with E-state index >= 15 is 0 Å². The number of rotatable bonds is 0. The van der Waals surface area contributed by atoms with E-state index in [9.17, 15) is 9.18 Å². The molecule has 0 N–H and O–H groups in total. The van der Waals surface area contributed by atoms with Gasteiger partial charge in [-0.15, -0.1) is 0 Å². The van der Waals surface area contributed by atoms with Crippen molar-refractivity contribution in [3.8, 4) is 11.3 Å². The molecule has 1 heterocycles. The molecule has 2 aromatic carbocycles. The van der Waals surface area contributed by atoms with Gasteiger partial charge in [0.25, 0.3) is 0 Å². The van der Waals surface area contributed by atoms with E-state index in [2.05, 4.69) is 4.98 Å². The quantitative estimate of drug-likeness (QED) is 0.476. The Balaban J connectivity index is 2.15. The second-order valence-corrected chi connectivity index (χ2v) is 4.57. The van der Waals surface area contributed by atoms with Gasteiger partial charge in [0, 0.05) is 22.1 Å². The highest BCUT2D eigenvalue weighted by Crippen LogP contribution is 2.36. The van der Waals surface area contributed by atoms with Crippen LogP contribution in [0.25, 0.3) is 22.2 Å². The number of halogens is 1. The molecule has 3 heteroatoms. The first-order chi connectivity index (χ1) is 9.25. The lowest BCUT2D eigenvalue weighted by atomic mass is 10.1. The summed E-state index contributed by atoms with van der Waals surface area (Å²) in [5.74, 6) is -0.401. The van der Waals surface area contributed by atoms with Gasteiger partial charge in [-0.2, -0.15) is 0 Å². The maximum absolute atomic E-state index is 13.8. The topological polar surface area (TPSA) is 30.0 Å². The van der Waals surface area contributed by atoms with Gasteiger partial charge in [-0.05, 0) is 12.1 Å². The van der Waals surface area contributed by atoms with E-state index in [-0.39, 0.29) is 11.6 Å². The number of benzene rings is 2. The number of hydrogen-bond donors (Lipinski definition) is 0. The van der Waals surface area contributed by atoms with Crippen LogP contribution in [0.3, 0.4) is 0 Å². The molecule has 1 aliphatic rings. The highest BCUT2D eigenvalue weighted by Gasteiger charge is 2.28. The third-order valence-corrected chi connectivity index (χ3v) is 3.47. The largest absolute Gasteiger partial charge is 0.289 e. The maximum atomic E-state index is 13.8. The number of fused-ring (bicyclic) bond motifs is 4. The Hall–Kier alpha value is -2.55. The van der Waals surface area contributed by atoms with Crippen LogP contribution >= 0.6 is 0 Å². The fourth-order valence-corrected chi connectivity index (χ4v) is 2.57. The molecule has 1 aliphatic carbocycles. The third-order valence-electron chi connectivity index (χ3n) is 3.47. The molecule has 4 rings (SSSR count). The van der Waals surface area contributed by atoms with Crippen LogP contribution in [0.4, 0.5) is 4.39 Å². The summed E-state index contributed by atoms with van der Waals surface area (Å²) >= 11 is 0.